The number of benzene rings is 1. The first kappa shape index (κ1) is 13.6. The number of ether oxygens (including phenoxy) is 1. The van der Waals surface area contributed by atoms with Crippen LogP contribution in [0.1, 0.15) is 35.5 Å². The predicted molar refractivity (Wildman–Crippen MR) is 77.4 cm³/mol. The van der Waals surface area contributed by atoms with Crippen LogP contribution in [0.25, 0.3) is 0 Å². The number of aryl methyl sites for hydroxylation is 2. The number of pyridine rings is 1. The van der Waals surface area contributed by atoms with Crippen LogP contribution in [0.3, 0.4) is 0 Å². The van der Waals surface area contributed by atoms with E-state index < -0.39 is 0 Å². The van der Waals surface area contributed by atoms with Gasteiger partial charge in [0.2, 0.25) is 0 Å². The van der Waals surface area contributed by atoms with Gasteiger partial charge in [-0.15, -0.1) is 0 Å². The number of hydrogen-bond acceptors (Lipinski definition) is 3. The molecule has 0 aliphatic rings. The minimum Gasteiger partial charge on any atom is -0.494 e. The lowest BCUT2D eigenvalue weighted by molar-refractivity contribution is 0.340. The van der Waals surface area contributed by atoms with Crippen molar-refractivity contribution >= 4 is 0 Å². The highest BCUT2D eigenvalue weighted by Gasteiger charge is 2.12. The van der Waals surface area contributed by atoms with E-state index in [1.54, 1.807) is 0 Å². The molecule has 0 bridgehead atoms. The Balaban J connectivity index is 2.25. The lowest BCUT2D eigenvalue weighted by Crippen LogP contribution is -2.14. The van der Waals surface area contributed by atoms with Crippen LogP contribution < -0.4 is 10.5 Å². The van der Waals surface area contributed by atoms with Crippen LogP contribution in [0.5, 0.6) is 5.75 Å². The van der Waals surface area contributed by atoms with Gasteiger partial charge in [-0.05, 0) is 50.1 Å². The maximum absolute atomic E-state index is 6.31. The number of rotatable bonds is 4. The summed E-state index contributed by atoms with van der Waals surface area (Å²) in [6.45, 7) is 6.63. The second-order valence-electron chi connectivity index (χ2n) is 4.61. The number of nitrogens with zero attached hydrogens (tertiary/aromatic N) is 1. The van der Waals surface area contributed by atoms with Crippen LogP contribution in [0.4, 0.5) is 0 Å². The molecule has 0 aliphatic carbocycles. The highest BCUT2D eigenvalue weighted by Crippen LogP contribution is 2.23. The van der Waals surface area contributed by atoms with Gasteiger partial charge >= 0.3 is 0 Å². The first-order chi connectivity index (χ1) is 9.11. The molecule has 2 aromatic rings. The van der Waals surface area contributed by atoms with Gasteiger partial charge in [0.15, 0.2) is 0 Å². The third-order valence-corrected chi connectivity index (χ3v) is 3.15. The van der Waals surface area contributed by atoms with E-state index in [9.17, 15) is 0 Å². The van der Waals surface area contributed by atoms with E-state index in [1.807, 2.05) is 51.1 Å². The molecule has 0 spiro atoms. The lowest BCUT2D eigenvalue weighted by Gasteiger charge is -2.15. The molecular weight excluding hydrogens is 236 g/mol. The van der Waals surface area contributed by atoms with E-state index in [0.29, 0.717) is 6.61 Å². The summed E-state index contributed by atoms with van der Waals surface area (Å²) < 4.78 is 5.43. The molecule has 19 heavy (non-hydrogen) atoms. The van der Waals surface area contributed by atoms with Crippen molar-refractivity contribution in [3.63, 3.8) is 0 Å². The minimum absolute atomic E-state index is 0.149. The minimum atomic E-state index is -0.149. The van der Waals surface area contributed by atoms with Gasteiger partial charge in [0.05, 0.1) is 12.6 Å². The SMILES string of the molecule is CCOc1ccc(C(N)c2ccc(C)nc2C)cc1. The summed E-state index contributed by atoms with van der Waals surface area (Å²) in [6, 6.07) is 11.8. The smallest absolute Gasteiger partial charge is 0.119 e. The largest absolute Gasteiger partial charge is 0.494 e. The fraction of sp³-hybridized carbons (Fsp3) is 0.312. The molecule has 0 saturated carbocycles. The zero-order valence-corrected chi connectivity index (χ0v) is 11.7. The summed E-state index contributed by atoms with van der Waals surface area (Å²) in [6.07, 6.45) is 0. The van der Waals surface area contributed by atoms with Crippen molar-refractivity contribution in [2.75, 3.05) is 6.61 Å². The molecule has 0 amide bonds. The van der Waals surface area contributed by atoms with Crippen LogP contribution in [-0.4, -0.2) is 11.6 Å². The molecule has 0 radical (unpaired) electrons. The molecule has 0 saturated heterocycles. The second kappa shape index (κ2) is 5.85. The third-order valence-electron chi connectivity index (χ3n) is 3.15. The molecule has 2 rings (SSSR count). The maximum atomic E-state index is 6.31. The van der Waals surface area contributed by atoms with Crippen molar-refractivity contribution in [2.24, 2.45) is 5.73 Å². The van der Waals surface area contributed by atoms with Crippen molar-refractivity contribution in [3.8, 4) is 5.75 Å². The molecule has 1 heterocycles. The van der Waals surface area contributed by atoms with Crippen LogP contribution in [0, 0.1) is 13.8 Å². The van der Waals surface area contributed by atoms with Crippen LogP contribution in [0.15, 0.2) is 36.4 Å². The number of aromatic nitrogens is 1. The molecule has 1 aromatic heterocycles. The van der Waals surface area contributed by atoms with Gasteiger partial charge in [0, 0.05) is 11.4 Å². The summed E-state index contributed by atoms with van der Waals surface area (Å²) in [4.78, 5) is 4.46. The molecule has 3 heteroatoms. The second-order valence-corrected chi connectivity index (χ2v) is 4.61. The van der Waals surface area contributed by atoms with Gasteiger partial charge in [-0.2, -0.15) is 0 Å². The average molecular weight is 256 g/mol. The third kappa shape index (κ3) is 3.12. The normalized spacial score (nSPS) is 12.2. The molecule has 1 aromatic carbocycles. The van der Waals surface area contributed by atoms with Gasteiger partial charge in [-0.1, -0.05) is 18.2 Å². The van der Waals surface area contributed by atoms with Gasteiger partial charge in [0.25, 0.3) is 0 Å². The van der Waals surface area contributed by atoms with Crippen molar-refractivity contribution in [2.45, 2.75) is 26.8 Å². The average Bonchev–Trinajstić information content (AvgIpc) is 2.39. The quantitative estimate of drug-likeness (QED) is 0.914. The Kier molecular flexibility index (Phi) is 4.17. The lowest BCUT2D eigenvalue weighted by atomic mass is 9.98. The van der Waals surface area contributed by atoms with Crippen LogP contribution >= 0.6 is 0 Å². The topological polar surface area (TPSA) is 48.1 Å². The summed E-state index contributed by atoms with van der Waals surface area (Å²) in [5, 5.41) is 0. The zero-order valence-electron chi connectivity index (χ0n) is 11.7. The standard InChI is InChI=1S/C16H20N2O/c1-4-19-14-8-6-13(7-9-14)16(17)15-10-5-11(2)18-12(15)3/h5-10,16H,4,17H2,1-3H3. The fourth-order valence-corrected chi connectivity index (χ4v) is 2.14. The number of nitrogens with two attached hydrogens (primary N) is 1. The van der Waals surface area contributed by atoms with E-state index in [2.05, 4.69) is 11.1 Å². The zero-order chi connectivity index (χ0) is 13.8. The van der Waals surface area contributed by atoms with Crippen molar-refractivity contribution in [1.82, 2.24) is 4.98 Å². The Morgan fingerprint density at radius 3 is 2.37 bits per heavy atom. The van der Waals surface area contributed by atoms with E-state index in [4.69, 9.17) is 10.5 Å². The first-order valence-corrected chi connectivity index (χ1v) is 6.54. The highest BCUT2D eigenvalue weighted by atomic mass is 16.5. The van der Waals surface area contributed by atoms with E-state index in [0.717, 1.165) is 28.3 Å². The molecule has 100 valence electrons. The fourth-order valence-electron chi connectivity index (χ4n) is 2.14. The molecular formula is C16H20N2O. The molecule has 3 nitrogen and oxygen atoms in total. The van der Waals surface area contributed by atoms with Crippen LogP contribution in [0.2, 0.25) is 0 Å². The Labute approximate surface area is 114 Å². The highest BCUT2D eigenvalue weighted by molar-refractivity contribution is 5.37. The van der Waals surface area contributed by atoms with Crippen LogP contribution in [-0.2, 0) is 0 Å². The molecule has 2 N–H and O–H groups in total. The van der Waals surface area contributed by atoms with Gasteiger partial charge in [0.1, 0.15) is 5.75 Å². The summed E-state index contributed by atoms with van der Waals surface area (Å²) in [7, 11) is 0. The Morgan fingerprint density at radius 1 is 1.11 bits per heavy atom. The predicted octanol–water partition coefficient (Wildman–Crippen LogP) is 3.15. The molecule has 1 unspecified atom stereocenters. The molecule has 0 fully saturated rings. The van der Waals surface area contributed by atoms with E-state index in [1.165, 1.54) is 0 Å². The monoisotopic (exact) mass is 256 g/mol. The summed E-state index contributed by atoms with van der Waals surface area (Å²) >= 11 is 0. The first-order valence-electron chi connectivity index (χ1n) is 6.54. The van der Waals surface area contributed by atoms with Gasteiger partial charge < -0.3 is 10.5 Å². The van der Waals surface area contributed by atoms with Crippen molar-refractivity contribution < 1.29 is 4.74 Å². The van der Waals surface area contributed by atoms with E-state index in [-0.39, 0.29) is 6.04 Å². The van der Waals surface area contributed by atoms with Gasteiger partial charge in [-0.3, -0.25) is 4.98 Å². The summed E-state index contributed by atoms with van der Waals surface area (Å²) in [5.41, 5.74) is 10.4. The maximum Gasteiger partial charge on any atom is 0.119 e. The number of hydrogen-bond donors (Lipinski definition) is 1. The summed E-state index contributed by atoms with van der Waals surface area (Å²) in [5.74, 6) is 0.872. The van der Waals surface area contributed by atoms with E-state index >= 15 is 0 Å². The van der Waals surface area contributed by atoms with Crippen molar-refractivity contribution in [3.05, 3.63) is 58.9 Å². The van der Waals surface area contributed by atoms with Gasteiger partial charge in [-0.25, -0.2) is 0 Å². The van der Waals surface area contributed by atoms with Crippen molar-refractivity contribution in [1.29, 1.82) is 0 Å². The Hall–Kier alpha value is -1.87. The molecule has 1 atom stereocenters. The Morgan fingerprint density at radius 2 is 1.79 bits per heavy atom. The molecule has 0 aliphatic heterocycles. The Bertz CT molecular complexity index is 549.